The Morgan fingerprint density at radius 1 is 1.12 bits per heavy atom. The van der Waals surface area contributed by atoms with Crippen LogP contribution in [-0.4, -0.2) is 30.2 Å². The average molecular weight is 354 g/mol. The lowest BCUT2D eigenvalue weighted by molar-refractivity contribution is -0.131. The zero-order valence-corrected chi connectivity index (χ0v) is 15.8. The van der Waals surface area contributed by atoms with Crippen LogP contribution in [-0.2, 0) is 14.4 Å². The largest absolute Gasteiger partial charge is 0.368 e. The van der Waals surface area contributed by atoms with E-state index in [1.807, 2.05) is 13.8 Å². The summed E-state index contributed by atoms with van der Waals surface area (Å²) in [5, 5.41) is 2.78. The third-order valence-corrected chi connectivity index (χ3v) is 5.04. The van der Waals surface area contributed by atoms with Gasteiger partial charge in [0.1, 0.15) is 11.8 Å². The van der Waals surface area contributed by atoms with E-state index in [4.69, 9.17) is 11.5 Å². The van der Waals surface area contributed by atoms with Crippen LogP contribution in [0, 0.1) is 17.8 Å². The van der Waals surface area contributed by atoms with Crippen molar-refractivity contribution in [2.75, 3.05) is 6.54 Å². The third-order valence-electron chi connectivity index (χ3n) is 5.04. The highest BCUT2D eigenvalue weighted by atomic mass is 16.2. The molecule has 6 heteroatoms. The van der Waals surface area contributed by atoms with Crippen LogP contribution in [0.15, 0.2) is 0 Å². The number of hydrogen-bond acceptors (Lipinski definition) is 4. The van der Waals surface area contributed by atoms with E-state index in [0.29, 0.717) is 32.2 Å². The highest BCUT2D eigenvalue weighted by molar-refractivity contribution is 5.88. The molecule has 0 radical (unpaired) electrons. The number of rotatable bonds is 12. The number of carbonyl (C=O) groups excluding carboxylic acids is 3. The average Bonchev–Trinajstić information content (AvgIpc) is 3.07. The minimum Gasteiger partial charge on any atom is -0.368 e. The molecule has 1 saturated carbocycles. The number of primary amides is 1. The Balaban J connectivity index is 2.60. The Bertz CT molecular complexity index is 445. The summed E-state index contributed by atoms with van der Waals surface area (Å²) in [4.78, 5) is 36.5. The normalized spacial score (nSPS) is 17.4. The van der Waals surface area contributed by atoms with Crippen LogP contribution < -0.4 is 16.8 Å². The van der Waals surface area contributed by atoms with Crippen molar-refractivity contribution in [1.29, 1.82) is 0 Å². The van der Waals surface area contributed by atoms with Crippen LogP contribution in [0.5, 0.6) is 0 Å². The number of hydrogen-bond donors (Lipinski definition) is 3. The van der Waals surface area contributed by atoms with Gasteiger partial charge in [0, 0.05) is 18.3 Å². The minimum atomic E-state index is -0.654. The zero-order chi connectivity index (χ0) is 18.8. The van der Waals surface area contributed by atoms with Crippen molar-refractivity contribution >= 4 is 17.6 Å². The number of nitrogens with two attached hydrogens (primary N) is 2. The van der Waals surface area contributed by atoms with E-state index in [1.165, 1.54) is 0 Å². The van der Waals surface area contributed by atoms with Crippen LogP contribution >= 0.6 is 0 Å². The molecule has 0 spiro atoms. The van der Waals surface area contributed by atoms with E-state index in [9.17, 15) is 14.4 Å². The van der Waals surface area contributed by atoms with Crippen LogP contribution in [0.3, 0.4) is 0 Å². The molecule has 25 heavy (non-hydrogen) atoms. The first-order chi connectivity index (χ1) is 11.8. The first kappa shape index (κ1) is 21.6. The molecule has 0 bridgehead atoms. The monoisotopic (exact) mass is 353 g/mol. The molecule has 2 amide bonds. The van der Waals surface area contributed by atoms with Gasteiger partial charge in [-0.1, -0.05) is 26.7 Å². The number of carbonyl (C=O) groups is 3. The lowest BCUT2D eigenvalue weighted by Gasteiger charge is -2.22. The Hall–Kier alpha value is -1.43. The van der Waals surface area contributed by atoms with Crippen LogP contribution in [0.25, 0.3) is 0 Å². The van der Waals surface area contributed by atoms with E-state index < -0.39 is 11.9 Å². The second kappa shape index (κ2) is 11.2. The maximum atomic E-state index is 12.6. The predicted octanol–water partition coefficient (Wildman–Crippen LogP) is 1.90. The smallest absolute Gasteiger partial charge is 0.240 e. The van der Waals surface area contributed by atoms with Gasteiger partial charge in [-0.05, 0) is 51.0 Å². The fourth-order valence-corrected chi connectivity index (χ4v) is 3.55. The van der Waals surface area contributed by atoms with Gasteiger partial charge in [-0.2, -0.15) is 0 Å². The molecule has 0 aromatic carbocycles. The molecule has 1 aliphatic rings. The Morgan fingerprint density at radius 3 is 2.28 bits per heavy atom. The lowest BCUT2D eigenvalue weighted by atomic mass is 9.91. The summed E-state index contributed by atoms with van der Waals surface area (Å²) in [5.41, 5.74) is 11.0. The summed E-state index contributed by atoms with van der Waals surface area (Å²) in [7, 11) is 0. The molecule has 6 nitrogen and oxygen atoms in total. The van der Waals surface area contributed by atoms with E-state index in [-0.39, 0.29) is 29.4 Å². The third kappa shape index (κ3) is 7.99. The highest BCUT2D eigenvalue weighted by Gasteiger charge is 2.27. The van der Waals surface area contributed by atoms with Gasteiger partial charge in [-0.3, -0.25) is 14.4 Å². The molecular weight excluding hydrogens is 318 g/mol. The first-order valence-electron chi connectivity index (χ1n) is 9.67. The molecule has 0 aliphatic heterocycles. The SMILES string of the molecule is CC(C)C[C@H](NC(=O)[C@H](CCCN)CCC(=O)C1CCCC1)C(N)=O. The van der Waals surface area contributed by atoms with Crippen molar-refractivity contribution in [2.24, 2.45) is 29.2 Å². The molecule has 5 N–H and O–H groups in total. The lowest BCUT2D eigenvalue weighted by Crippen LogP contribution is -2.47. The van der Waals surface area contributed by atoms with Gasteiger partial charge in [-0.25, -0.2) is 0 Å². The fraction of sp³-hybridized carbons (Fsp3) is 0.842. The van der Waals surface area contributed by atoms with Crippen molar-refractivity contribution in [3.8, 4) is 0 Å². The highest BCUT2D eigenvalue weighted by Crippen LogP contribution is 2.28. The van der Waals surface area contributed by atoms with Crippen molar-refractivity contribution in [2.45, 2.75) is 77.7 Å². The van der Waals surface area contributed by atoms with Gasteiger partial charge in [-0.15, -0.1) is 0 Å². The summed E-state index contributed by atoms with van der Waals surface area (Å²) in [5.74, 6) is -0.278. The number of nitrogens with one attached hydrogen (secondary N) is 1. The molecular formula is C19H35N3O3. The van der Waals surface area contributed by atoms with E-state index in [1.54, 1.807) is 0 Å². The van der Waals surface area contributed by atoms with Crippen molar-refractivity contribution in [1.82, 2.24) is 5.32 Å². The van der Waals surface area contributed by atoms with Crippen LogP contribution in [0.4, 0.5) is 0 Å². The van der Waals surface area contributed by atoms with Gasteiger partial charge in [0.05, 0.1) is 0 Å². The van der Waals surface area contributed by atoms with E-state index in [2.05, 4.69) is 5.32 Å². The van der Waals surface area contributed by atoms with Gasteiger partial charge >= 0.3 is 0 Å². The van der Waals surface area contributed by atoms with Crippen molar-refractivity contribution in [3.05, 3.63) is 0 Å². The first-order valence-corrected chi connectivity index (χ1v) is 9.67. The summed E-state index contributed by atoms with van der Waals surface area (Å²) >= 11 is 0. The maximum absolute atomic E-state index is 12.6. The molecule has 2 atom stereocenters. The summed E-state index contributed by atoms with van der Waals surface area (Å²) in [6, 6.07) is -0.654. The molecule has 1 aliphatic carbocycles. The van der Waals surface area contributed by atoms with Gasteiger partial charge in [0.25, 0.3) is 0 Å². The van der Waals surface area contributed by atoms with Gasteiger partial charge in [0.2, 0.25) is 11.8 Å². The quantitative estimate of drug-likeness (QED) is 0.497. The molecule has 0 unspecified atom stereocenters. The number of Topliss-reactive ketones (excluding diaryl/α,β-unsaturated/α-hetero) is 1. The molecule has 0 saturated heterocycles. The molecule has 1 fully saturated rings. The molecule has 0 aromatic heterocycles. The molecule has 1 rings (SSSR count). The van der Waals surface area contributed by atoms with Crippen molar-refractivity contribution in [3.63, 3.8) is 0 Å². The molecule has 0 heterocycles. The minimum absolute atomic E-state index is 0.178. The zero-order valence-electron chi connectivity index (χ0n) is 15.8. The Morgan fingerprint density at radius 2 is 1.76 bits per heavy atom. The van der Waals surface area contributed by atoms with Crippen molar-refractivity contribution < 1.29 is 14.4 Å². The Kier molecular flexibility index (Phi) is 9.71. The summed E-state index contributed by atoms with van der Waals surface area (Å²) in [6.45, 7) is 4.47. The second-order valence-electron chi connectivity index (χ2n) is 7.71. The summed E-state index contributed by atoms with van der Waals surface area (Å²) in [6.07, 6.45) is 7.05. The van der Waals surface area contributed by atoms with E-state index >= 15 is 0 Å². The van der Waals surface area contributed by atoms with Crippen LogP contribution in [0.1, 0.15) is 71.6 Å². The van der Waals surface area contributed by atoms with Gasteiger partial charge in [0.15, 0.2) is 0 Å². The Labute approximate surface area is 151 Å². The standard InChI is InChI=1S/C19H35N3O3/c1-13(2)12-16(18(21)24)22-19(25)15(8-5-11-20)9-10-17(23)14-6-3-4-7-14/h13-16H,3-12,20H2,1-2H3,(H2,21,24)(H,22,25)/t15-,16+/m1/s1. The van der Waals surface area contributed by atoms with Gasteiger partial charge < -0.3 is 16.8 Å². The van der Waals surface area contributed by atoms with E-state index in [0.717, 1.165) is 32.1 Å². The second-order valence-corrected chi connectivity index (χ2v) is 7.71. The molecule has 144 valence electrons. The number of amides is 2. The fourth-order valence-electron chi connectivity index (χ4n) is 3.55. The molecule has 0 aromatic rings. The topological polar surface area (TPSA) is 115 Å². The predicted molar refractivity (Wildman–Crippen MR) is 98.6 cm³/mol. The number of ketones is 1. The van der Waals surface area contributed by atoms with Crippen LogP contribution in [0.2, 0.25) is 0 Å². The maximum Gasteiger partial charge on any atom is 0.240 e. The summed E-state index contributed by atoms with van der Waals surface area (Å²) < 4.78 is 0.